The van der Waals surface area contributed by atoms with Gasteiger partial charge in [0.1, 0.15) is 5.82 Å². The van der Waals surface area contributed by atoms with Crippen molar-refractivity contribution in [2.24, 2.45) is 0 Å². The maximum absolute atomic E-state index is 13.4. The van der Waals surface area contributed by atoms with E-state index in [2.05, 4.69) is 21.2 Å². The second-order valence-corrected chi connectivity index (χ2v) is 5.91. The molecule has 0 radical (unpaired) electrons. The van der Waals surface area contributed by atoms with Crippen LogP contribution in [0.3, 0.4) is 0 Å². The summed E-state index contributed by atoms with van der Waals surface area (Å²) >= 11 is 3.13. The van der Waals surface area contributed by atoms with Crippen molar-refractivity contribution in [2.75, 3.05) is 6.61 Å². The van der Waals surface area contributed by atoms with E-state index in [4.69, 9.17) is 4.74 Å². The molecule has 0 heterocycles. The van der Waals surface area contributed by atoms with Gasteiger partial charge in [0, 0.05) is 10.0 Å². The Bertz CT molecular complexity index is 497. The van der Waals surface area contributed by atoms with Gasteiger partial charge in [0.05, 0.1) is 5.56 Å². The van der Waals surface area contributed by atoms with Crippen molar-refractivity contribution in [1.29, 1.82) is 0 Å². The van der Waals surface area contributed by atoms with Crippen molar-refractivity contribution in [1.82, 2.24) is 5.32 Å². The van der Waals surface area contributed by atoms with E-state index in [-0.39, 0.29) is 5.56 Å². The van der Waals surface area contributed by atoms with Crippen LogP contribution in [0.2, 0.25) is 0 Å². The lowest BCUT2D eigenvalue weighted by molar-refractivity contribution is -0.125. The maximum atomic E-state index is 13.4. The molecule has 0 aliphatic heterocycles. The third-order valence-electron chi connectivity index (χ3n) is 2.00. The summed E-state index contributed by atoms with van der Waals surface area (Å²) < 4.78 is 18.7. The first kappa shape index (κ1) is 15.6. The van der Waals surface area contributed by atoms with Gasteiger partial charge in [-0.1, -0.05) is 15.9 Å². The van der Waals surface area contributed by atoms with E-state index in [1.807, 2.05) is 0 Å². The summed E-state index contributed by atoms with van der Waals surface area (Å²) in [5.74, 6) is -2.00. The highest BCUT2D eigenvalue weighted by atomic mass is 79.9. The quantitative estimate of drug-likeness (QED) is 0.866. The average Bonchev–Trinajstić information content (AvgIpc) is 2.27. The van der Waals surface area contributed by atoms with Gasteiger partial charge in [0.15, 0.2) is 6.61 Å². The summed E-state index contributed by atoms with van der Waals surface area (Å²) in [6, 6.07) is 3.92. The van der Waals surface area contributed by atoms with E-state index in [0.29, 0.717) is 4.47 Å². The number of halogens is 2. The minimum absolute atomic E-state index is 0.210. The molecule has 0 saturated carbocycles. The van der Waals surface area contributed by atoms with Crippen LogP contribution in [0.1, 0.15) is 31.1 Å². The van der Waals surface area contributed by atoms with Crippen molar-refractivity contribution in [3.8, 4) is 0 Å². The molecule has 0 aliphatic carbocycles. The maximum Gasteiger partial charge on any atom is 0.341 e. The first-order valence-electron chi connectivity index (χ1n) is 5.62. The number of hydrogen-bond donors (Lipinski definition) is 1. The highest BCUT2D eigenvalue weighted by Gasteiger charge is 2.18. The summed E-state index contributed by atoms with van der Waals surface area (Å²) in [7, 11) is 0. The summed E-state index contributed by atoms with van der Waals surface area (Å²) in [6.45, 7) is 4.98. The number of hydrogen-bond acceptors (Lipinski definition) is 3. The largest absolute Gasteiger partial charge is 0.452 e. The van der Waals surface area contributed by atoms with Gasteiger partial charge in [-0.15, -0.1) is 0 Å². The predicted molar refractivity (Wildman–Crippen MR) is 72.3 cm³/mol. The monoisotopic (exact) mass is 331 g/mol. The number of carbonyl (C=O) groups excluding carboxylic acids is 2. The molecule has 1 rings (SSSR count). The fourth-order valence-electron chi connectivity index (χ4n) is 1.32. The molecule has 0 fully saturated rings. The number of benzene rings is 1. The summed E-state index contributed by atoms with van der Waals surface area (Å²) in [5, 5.41) is 2.63. The van der Waals surface area contributed by atoms with E-state index in [1.165, 1.54) is 12.1 Å². The van der Waals surface area contributed by atoms with E-state index < -0.39 is 29.8 Å². The smallest absolute Gasteiger partial charge is 0.341 e. The molecular weight excluding hydrogens is 317 g/mol. The van der Waals surface area contributed by atoms with Crippen molar-refractivity contribution in [3.63, 3.8) is 0 Å². The topological polar surface area (TPSA) is 55.4 Å². The van der Waals surface area contributed by atoms with Gasteiger partial charge >= 0.3 is 5.97 Å². The Morgan fingerprint density at radius 3 is 2.58 bits per heavy atom. The van der Waals surface area contributed by atoms with Gasteiger partial charge in [-0.3, -0.25) is 4.79 Å². The Hall–Kier alpha value is -1.43. The van der Waals surface area contributed by atoms with Crippen molar-refractivity contribution in [3.05, 3.63) is 34.1 Å². The molecule has 1 amide bonds. The molecule has 0 saturated heterocycles. The minimum Gasteiger partial charge on any atom is -0.452 e. The van der Waals surface area contributed by atoms with E-state index in [9.17, 15) is 14.0 Å². The molecule has 104 valence electrons. The van der Waals surface area contributed by atoms with E-state index >= 15 is 0 Å². The van der Waals surface area contributed by atoms with E-state index in [1.54, 1.807) is 20.8 Å². The minimum atomic E-state index is -0.872. The van der Waals surface area contributed by atoms with Crippen molar-refractivity contribution >= 4 is 27.8 Å². The molecule has 1 aromatic carbocycles. The SMILES string of the molecule is CC(C)(C)NC(=O)COC(=O)c1cc(Br)ccc1F. The third-order valence-corrected chi connectivity index (χ3v) is 2.49. The molecule has 0 aromatic heterocycles. The number of nitrogens with one attached hydrogen (secondary N) is 1. The molecule has 1 N–H and O–H groups in total. The van der Waals surface area contributed by atoms with Crippen LogP contribution in [0.25, 0.3) is 0 Å². The fraction of sp³-hybridized carbons (Fsp3) is 0.385. The van der Waals surface area contributed by atoms with Gasteiger partial charge < -0.3 is 10.1 Å². The molecule has 0 unspecified atom stereocenters. The Balaban J connectivity index is 2.61. The van der Waals surface area contributed by atoms with Crippen LogP contribution in [0.4, 0.5) is 4.39 Å². The second kappa shape index (κ2) is 6.14. The molecular formula is C13H15BrFNO3. The Kier molecular flexibility index (Phi) is 5.05. The Morgan fingerprint density at radius 2 is 2.00 bits per heavy atom. The zero-order valence-corrected chi connectivity index (χ0v) is 12.5. The van der Waals surface area contributed by atoms with Crippen LogP contribution in [-0.4, -0.2) is 24.0 Å². The van der Waals surface area contributed by atoms with Crippen LogP contribution in [0.5, 0.6) is 0 Å². The summed E-state index contributed by atoms with van der Waals surface area (Å²) in [4.78, 5) is 23.1. The standard InChI is InChI=1S/C13H15BrFNO3/c1-13(2,3)16-11(17)7-19-12(18)9-6-8(14)4-5-10(9)15/h4-6H,7H2,1-3H3,(H,16,17). The summed E-state index contributed by atoms with van der Waals surface area (Å²) in [5.41, 5.74) is -0.622. The fourth-order valence-corrected chi connectivity index (χ4v) is 1.68. The summed E-state index contributed by atoms with van der Waals surface area (Å²) in [6.07, 6.45) is 0. The lowest BCUT2D eigenvalue weighted by atomic mass is 10.1. The number of ether oxygens (including phenoxy) is 1. The molecule has 6 heteroatoms. The zero-order chi connectivity index (χ0) is 14.6. The van der Waals surface area contributed by atoms with Crippen molar-refractivity contribution < 1.29 is 18.7 Å². The van der Waals surface area contributed by atoms with Crippen molar-refractivity contribution in [2.45, 2.75) is 26.3 Å². The lowest BCUT2D eigenvalue weighted by Gasteiger charge is -2.20. The average molecular weight is 332 g/mol. The van der Waals surface area contributed by atoms with Gasteiger partial charge in [-0.05, 0) is 39.0 Å². The molecule has 0 aliphatic rings. The lowest BCUT2D eigenvalue weighted by Crippen LogP contribution is -2.42. The molecule has 4 nitrogen and oxygen atoms in total. The van der Waals surface area contributed by atoms with Gasteiger partial charge in [-0.25, -0.2) is 9.18 Å². The highest BCUT2D eigenvalue weighted by molar-refractivity contribution is 9.10. The molecule has 1 aromatic rings. The van der Waals surface area contributed by atoms with Gasteiger partial charge in [0.2, 0.25) is 0 Å². The molecule has 0 spiro atoms. The molecule has 0 bridgehead atoms. The predicted octanol–water partition coefficient (Wildman–Crippen LogP) is 2.66. The van der Waals surface area contributed by atoms with Crippen LogP contribution in [0, 0.1) is 5.82 Å². The molecule has 19 heavy (non-hydrogen) atoms. The van der Waals surface area contributed by atoms with Crippen LogP contribution < -0.4 is 5.32 Å². The Labute approximate surface area is 119 Å². The van der Waals surface area contributed by atoms with Crippen LogP contribution >= 0.6 is 15.9 Å². The third kappa shape index (κ3) is 5.38. The highest BCUT2D eigenvalue weighted by Crippen LogP contribution is 2.16. The number of carbonyl (C=O) groups is 2. The van der Waals surface area contributed by atoms with Gasteiger partial charge in [0.25, 0.3) is 5.91 Å². The second-order valence-electron chi connectivity index (χ2n) is 5.00. The van der Waals surface area contributed by atoms with Crippen LogP contribution in [0.15, 0.2) is 22.7 Å². The number of amides is 1. The molecule has 0 atom stereocenters. The first-order valence-corrected chi connectivity index (χ1v) is 6.41. The van der Waals surface area contributed by atoms with Gasteiger partial charge in [-0.2, -0.15) is 0 Å². The van der Waals surface area contributed by atoms with Crippen LogP contribution in [-0.2, 0) is 9.53 Å². The number of esters is 1. The number of rotatable bonds is 3. The zero-order valence-electron chi connectivity index (χ0n) is 10.9. The van der Waals surface area contributed by atoms with E-state index in [0.717, 1.165) is 6.07 Å². The normalized spacial score (nSPS) is 11.0. The first-order chi connectivity index (χ1) is 8.69. The Morgan fingerprint density at radius 1 is 1.37 bits per heavy atom.